The van der Waals surface area contributed by atoms with E-state index in [2.05, 4.69) is 51.5 Å². The van der Waals surface area contributed by atoms with Crippen LogP contribution in [0.3, 0.4) is 0 Å². The van der Waals surface area contributed by atoms with Gasteiger partial charge in [-0.15, -0.1) is 0 Å². The molecule has 6 heteroatoms. The first-order valence-corrected chi connectivity index (χ1v) is 10.7. The van der Waals surface area contributed by atoms with E-state index in [4.69, 9.17) is 0 Å². The second-order valence-corrected chi connectivity index (χ2v) is 8.00. The number of nitrogens with one attached hydrogen (secondary N) is 1. The third-order valence-corrected chi connectivity index (χ3v) is 5.54. The zero-order valence-electron chi connectivity index (χ0n) is 17.9. The third-order valence-electron chi connectivity index (χ3n) is 5.54. The van der Waals surface area contributed by atoms with Crippen molar-refractivity contribution in [3.63, 3.8) is 0 Å². The van der Waals surface area contributed by atoms with Crippen molar-refractivity contribution in [1.29, 1.82) is 0 Å². The first-order chi connectivity index (χ1) is 15.2. The Kier molecular flexibility index (Phi) is 6.92. The van der Waals surface area contributed by atoms with E-state index in [1.807, 2.05) is 36.5 Å². The van der Waals surface area contributed by atoms with Gasteiger partial charge in [-0.05, 0) is 36.4 Å². The van der Waals surface area contributed by atoms with E-state index in [1.54, 1.807) is 23.0 Å². The summed E-state index contributed by atoms with van der Waals surface area (Å²) < 4.78 is 1.79. The number of carbonyl (C=O) groups is 1. The minimum atomic E-state index is -0.117. The Balaban J connectivity index is 1.24. The minimum Gasteiger partial charge on any atom is -0.348 e. The van der Waals surface area contributed by atoms with Gasteiger partial charge in [-0.1, -0.05) is 42.5 Å². The van der Waals surface area contributed by atoms with Gasteiger partial charge in [0.1, 0.15) is 0 Å². The van der Waals surface area contributed by atoms with E-state index >= 15 is 0 Å². The van der Waals surface area contributed by atoms with Gasteiger partial charge in [0, 0.05) is 57.1 Å². The molecule has 3 aromatic rings. The number of benzene rings is 2. The minimum absolute atomic E-state index is 0.117. The van der Waals surface area contributed by atoms with E-state index in [-0.39, 0.29) is 5.91 Å². The molecule has 2 heterocycles. The summed E-state index contributed by atoms with van der Waals surface area (Å²) in [6.45, 7) is 5.99. The summed E-state index contributed by atoms with van der Waals surface area (Å²) in [6.07, 6.45) is 6.98. The Morgan fingerprint density at radius 2 is 1.71 bits per heavy atom. The highest BCUT2D eigenvalue weighted by Gasteiger charge is 2.13. The van der Waals surface area contributed by atoms with Crippen LogP contribution in [-0.2, 0) is 17.9 Å². The van der Waals surface area contributed by atoms with Crippen molar-refractivity contribution < 1.29 is 4.79 Å². The topological polar surface area (TPSA) is 53.4 Å². The SMILES string of the molecule is CN1CCN(Cc2ccc(CNC(=O)C=Cc3cnn(-c4ccccc4)c3)cc2)CC1. The molecule has 6 nitrogen and oxygen atoms in total. The molecule has 0 bridgehead atoms. The molecule has 4 rings (SSSR count). The van der Waals surface area contributed by atoms with Crippen molar-refractivity contribution in [2.75, 3.05) is 33.2 Å². The van der Waals surface area contributed by atoms with Crippen molar-refractivity contribution in [2.24, 2.45) is 0 Å². The maximum Gasteiger partial charge on any atom is 0.244 e. The quantitative estimate of drug-likeness (QED) is 0.603. The van der Waals surface area contributed by atoms with Crippen molar-refractivity contribution in [2.45, 2.75) is 13.1 Å². The third kappa shape index (κ3) is 6.13. The maximum absolute atomic E-state index is 12.2. The number of carbonyl (C=O) groups excluding carboxylic acids is 1. The van der Waals surface area contributed by atoms with Crippen molar-refractivity contribution in [3.05, 3.63) is 89.8 Å². The number of hydrogen-bond donors (Lipinski definition) is 1. The number of aromatic nitrogens is 2. The Morgan fingerprint density at radius 3 is 2.45 bits per heavy atom. The highest BCUT2D eigenvalue weighted by molar-refractivity contribution is 5.91. The molecule has 1 aliphatic heterocycles. The average Bonchev–Trinajstić information content (AvgIpc) is 3.28. The summed E-state index contributed by atoms with van der Waals surface area (Å²) in [6, 6.07) is 18.4. The summed E-state index contributed by atoms with van der Waals surface area (Å²) in [4.78, 5) is 17.0. The molecule has 1 N–H and O–H groups in total. The molecule has 2 aromatic carbocycles. The van der Waals surface area contributed by atoms with E-state index in [9.17, 15) is 4.79 Å². The molecule has 1 amide bonds. The lowest BCUT2D eigenvalue weighted by Gasteiger charge is -2.32. The molecule has 0 radical (unpaired) electrons. The molecule has 1 aliphatic rings. The van der Waals surface area contributed by atoms with Gasteiger partial charge >= 0.3 is 0 Å². The van der Waals surface area contributed by atoms with Crippen LogP contribution in [0, 0.1) is 0 Å². The van der Waals surface area contributed by atoms with E-state index in [0.29, 0.717) is 6.54 Å². The zero-order valence-corrected chi connectivity index (χ0v) is 17.9. The predicted octanol–water partition coefficient (Wildman–Crippen LogP) is 2.95. The number of hydrogen-bond acceptors (Lipinski definition) is 4. The average molecular weight is 416 g/mol. The lowest BCUT2D eigenvalue weighted by atomic mass is 10.1. The van der Waals surface area contributed by atoms with Gasteiger partial charge < -0.3 is 10.2 Å². The van der Waals surface area contributed by atoms with Gasteiger partial charge in [0.15, 0.2) is 0 Å². The highest BCUT2D eigenvalue weighted by Crippen LogP contribution is 2.11. The fraction of sp³-hybridized carbons (Fsp3) is 0.280. The molecule has 0 unspecified atom stereocenters. The standard InChI is InChI=1S/C25H29N5O/c1-28-13-15-29(16-14-28)19-22-9-7-21(8-10-22)17-26-25(31)12-11-23-18-27-30(20-23)24-5-3-2-4-6-24/h2-12,18,20H,13-17,19H2,1H3,(H,26,31). The smallest absolute Gasteiger partial charge is 0.244 e. The van der Waals surface area contributed by atoms with E-state index < -0.39 is 0 Å². The Bertz CT molecular complexity index is 1000. The van der Waals surface area contributed by atoms with Crippen LogP contribution in [0.15, 0.2) is 73.1 Å². The zero-order chi connectivity index (χ0) is 21.5. The number of para-hydroxylation sites is 1. The van der Waals surface area contributed by atoms with Crippen molar-refractivity contribution >= 4 is 12.0 Å². The molecule has 160 valence electrons. The van der Waals surface area contributed by atoms with Crippen LogP contribution in [-0.4, -0.2) is 58.7 Å². The summed E-state index contributed by atoms with van der Waals surface area (Å²) in [5.41, 5.74) is 4.28. The van der Waals surface area contributed by atoms with Crippen LogP contribution in [0.25, 0.3) is 11.8 Å². The molecular formula is C25H29N5O. The van der Waals surface area contributed by atoms with Gasteiger partial charge in [0.25, 0.3) is 0 Å². The molecule has 0 aliphatic carbocycles. The highest BCUT2D eigenvalue weighted by atomic mass is 16.1. The van der Waals surface area contributed by atoms with Crippen LogP contribution in [0.1, 0.15) is 16.7 Å². The Labute approximate surface area is 183 Å². The van der Waals surface area contributed by atoms with Crippen LogP contribution in [0.5, 0.6) is 0 Å². The number of amides is 1. The normalized spacial score (nSPS) is 15.4. The molecule has 0 atom stereocenters. The van der Waals surface area contributed by atoms with Gasteiger partial charge in [-0.2, -0.15) is 5.10 Å². The molecular weight excluding hydrogens is 386 g/mol. The summed E-state index contributed by atoms with van der Waals surface area (Å²) in [5.74, 6) is -0.117. The lowest BCUT2D eigenvalue weighted by Crippen LogP contribution is -2.43. The molecule has 1 saturated heterocycles. The monoisotopic (exact) mass is 415 g/mol. The molecule has 0 spiro atoms. The van der Waals surface area contributed by atoms with Gasteiger partial charge in [0.05, 0.1) is 11.9 Å². The fourth-order valence-electron chi connectivity index (χ4n) is 3.59. The van der Waals surface area contributed by atoms with Gasteiger partial charge in [0.2, 0.25) is 5.91 Å². The number of rotatable bonds is 7. The van der Waals surface area contributed by atoms with Crippen molar-refractivity contribution in [1.82, 2.24) is 24.9 Å². The van der Waals surface area contributed by atoms with Crippen LogP contribution in [0.2, 0.25) is 0 Å². The molecule has 0 saturated carbocycles. The number of nitrogens with zero attached hydrogens (tertiary/aromatic N) is 4. The van der Waals surface area contributed by atoms with Crippen LogP contribution < -0.4 is 5.32 Å². The lowest BCUT2D eigenvalue weighted by molar-refractivity contribution is -0.116. The predicted molar refractivity (Wildman–Crippen MR) is 124 cm³/mol. The first-order valence-electron chi connectivity index (χ1n) is 10.7. The molecule has 1 aromatic heterocycles. The summed E-state index contributed by atoms with van der Waals surface area (Å²) >= 11 is 0. The molecule has 1 fully saturated rings. The molecule has 31 heavy (non-hydrogen) atoms. The Morgan fingerprint density at radius 1 is 1.00 bits per heavy atom. The fourth-order valence-corrected chi connectivity index (χ4v) is 3.59. The summed E-state index contributed by atoms with van der Waals surface area (Å²) in [5, 5.41) is 7.28. The Hall–Kier alpha value is -3.22. The van der Waals surface area contributed by atoms with E-state index in [1.165, 1.54) is 5.56 Å². The van der Waals surface area contributed by atoms with Crippen molar-refractivity contribution in [3.8, 4) is 5.69 Å². The largest absolute Gasteiger partial charge is 0.348 e. The maximum atomic E-state index is 12.2. The first kappa shape index (κ1) is 21.0. The van der Waals surface area contributed by atoms with Gasteiger partial charge in [-0.3, -0.25) is 9.69 Å². The van der Waals surface area contributed by atoms with Crippen LogP contribution >= 0.6 is 0 Å². The second-order valence-electron chi connectivity index (χ2n) is 8.00. The second kappa shape index (κ2) is 10.2. The summed E-state index contributed by atoms with van der Waals surface area (Å²) in [7, 11) is 2.17. The van der Waals surface area contributed by atoms with Crippen LogP contribution in [0.4, 0.5) is 0 Å². The van der Waals surface area contributed by atoms with E-state index in [0.717, 1.165) is 49.5 Å². The van der Waals surface area contributed by atoms with Gasteiger partial charge in [-0.25, -0.2) is 4.68 Å². The number of piperazine rings is 1. The number of likely N-dealkylation sites (N-methyl/N-ethyl adjacent to an activating group) is 1.